The van der Waals surface area contributed by atoms with Crippen LogP contribution in [0.5, 0.6) is 5.75 Å². The lowest BCUT2D eigenvalue weighted by Crippen LogP contribution is -2.22. The van der Waals surface area contributed by atoms with Gasteiger partial charge in [0.1, 0.15) is 12.4 Å². The van der Waals surface area contributed by atoms with Crippen molar-refractivity contribution in [3.63, 3.8) is 0 Å². The number of carbonyl (C=O) groups is 1. The lowest BCUT2D eigenvalue weighted by molar-refractivity contribution is -0.115. The molecular formula is C26H32BrN3O2. The third kappa shape index (κ3) is 7.62. The van der Waals surface area contributed by atoms with Crippen LogP contribution in [0.4, 0.5) is 5.69 Å². The molecule has 0 spiro atoms. The number of nitrogens with two attached hydrogens (primary N) is 1. The van der Waals surface area contributed by atoms with Crippen molar-refractivity contribution in [3.8, 4) is 5.75 Å². The Morgan fingerprint density at radius 2 is 1.75 bits per heavy atom. The number of halogens is 1. The summed E-state index contributed by atoms with van der Waals surface area (Å²) in [7, 11) is 0. The molecule has 0 atom stereocenters. The Balaban J connectivity index is 1.51. The van der Waals surface area contributed by atoms with E-state index in [9.17, 15) is 4.79 Å². The number of fused-ring (bicyclic) bond motifs is 1. The van der Waals surface area contributed by atoms with Gasteiger partial charge >= 0.3 is 0 Å². The second-order valence-electron chi connectivity index (χ2n) is 7.81. The molecule has 32 heavy (non-hydrogen) atoms. The van der Waals surface area contributed by atoms with E-state index in [-0.39, 0.29) is 5.91 Å². The van der Waals surface area contributed by atoms with E-state index < -0.39 is 0 Å². The second-order valence-corrected chi connectivity index (χ2v) is 8.72. The number of nitrogens with one attached hydrogen (secondary N) is 2. The summed E-state index contributed by atoms with van der Waals surface area (Å²) in [5, 5.41) is 8.66. The van der Waals surface area contributed by atoms with Gasteiger partial charge in [-0.05, 0) is 60.5 Å². The average molecular weight is 498 g/mol. The Labute approximate surface area is 198 Å². The topological polar surface area (TPSA) is 76.4 Å². The maximum atomic E-state index is 12.8. The number of anilines is 1. The number of rotatable bonds is 13. The highest BCUT2D eigenvalue weighted by molar-refractivity contribution is 9.10. The van der Waals surface area contributed by atoms with Crippen LogP contribution < -0.4 is 21.1 Å². The van der Waals surface area contributed by atoms with Crippen molar-refractivity contribution in [1.82, 2.24) is 5.32 Å². The minimum atomic E-state index is -0.0695. The largest absolute Gasteiger partial charge is 0.490 e. The summed E-state index contributed by atoms with van der Waals surface area (Å²) in [4.78, 5) is 12.8. The van der Waals surface area contributed by atoms with E-state index >= 15 is 0 Å². The Morgan fingerprint density at radius 3 is 2.62 bits per heavy atom. The molecule has 5 nitrogen and oxygen atoms in total. The second kappa shape index (κ2) is 13.2. The lowest BCUT2D eigenvalue weighted by Gasteiger charge is -2.14. The van der Waals surface area contributed by atoms with Crippen molar-refractivity contribution in [2.45, 2.75) is 32.1 Å². The molecule has 4 N–H and O–H groups in total. The van der Waals surface area contributed by atoms with E-state index in [1.165, 1.54) is 12.8 Å². The molecule has 0 fully saturated rings. The average Bonchev–Trinajstić information content (AvgIpc) is 2.79. The molecule has 6 heteroatoms. The summed E-state index contributed by atoms with van der Waals surface area (Å²) in [6.07, 6.45) is 4.94. The van der Waals surface area contributed by atoms with Gasteiger partial charge in [-0.3, -0.25) is 4.79 Å². The van der Waals surface area contributed by atoms with E-state index in [1.54, 1.807) is 0 Å². The van der Waals surface area contributed by atoms with E-state index in [4.69, 9.17) is 10.5 Å². The molecule has 0 unspecified atom stereocenters. The van der Waals surface area contributed by atoms with E-state index in [0.29, 0.717) is 24.5 Å². The predicted octanol–water partition coefficient (Wildman–Crippen LogP) is 5.27. The Bertz CT molecular complexity index is 1000. The Kier molecular flexibility index (Phi) is 10.0. The molecule has 0 radical (unpaired) electrons. The van der Waals surface area contributed by atoms with Crippen LogP contribution in [0.25, 0.3) is 10.8 Å². The number of hydrogen-bond donors (Lipinski definition) is 3. The monoisotopic (exact) mass is 497 g/mol. The molecule has 0 aliphatic carbocycles. The zero-order valence-corrected chi connectivity index (χ0v) is 20.0. The van der Waals surface area contributed by atoms with Gasteiger partial charge in [0.05, 0.1) is 12.1 Å². The first-order chi connectivity index (χ1) is 15.7. The van der Waals surface area contributed by atoms with Crippen molar-refractivity contribution in [2.24, 2.45) is 5.73 Å². The molecule has 3 aromatic carbocycles. The highest BCUT2D eigenvalue weighted by Gasteiger charge is 2.11. The highest BCUT2D eigenvalue weighted by atomic mass is 79.9. The fourth-order valence-electron chi connectivity index (χ4n) is 3.65. The van der Waals surface area contributed by atoms with Crippen LogP contribution in [-0.2, 0) is 11.2 Å². The molecule has 0 bridgehead atoms. The van der Waals surface area contributed by atoms with Gasteiger partial charge in [-0.25, -0.2) is 0 Å². The molecule has 0 aliphatic rings. The first-order valence-electron chi connectivity index (χ1n) is 11.3. The van der Waals surface area contributed by atoms with Gasteiger partial charge in [-0.2, -0.15) is 0 Å². The molecule has 3 aromatic rings. The van der Waals surface area contributed by atoms with Crippen LogP contribution in [-0.4, -0.2) is 32.1 Å². The number of benzene rings is 3. The Hall–Kier alpha value is -2.41. The molecule has 0 aromatic heterocycles. The summed E-state index contributed by atoms with van der Waals surface area (Å²) in [6.45, 7) is 3.05. The lowest BCUT2D eigenvalue weighted by atomic mass is 10.0. The SMILES string of the molecule is NCCCCCCNCCOc1ccc(Br)cc1NC(=O)Cc1cccc2ccccc12. The van der Waals surface area contributed by atoms with E-state index in [1.807, 2.05) is 42.5 Å². The van der Waals surface area contributed by atoms with Gasteiger partial charge in [-0.1, -0.05) is 71.2 Å². The van der Waals surface area contributed by atoms with Crippen LogP contribution >= 0.6 is 15.9 Å². The van der Waals surface area contributed by atoms with E-state index in [2.05, 4.69) is 44.8 Å². The standard InChI is InChI=1S/C26H32BrN3O2/c27-22-12-13-25(32-17-16-29-15-6-2-1-5-14-28)24(19-22)30-26(31)18-21-10-7-9-20-8-3-4-11-23(20)21/h3-4,7-13,19,29H,1-2,5-6,14-18,28H2,(H,30,31). The van der Waals surface area contributed by atoms with Gasteiger partial charge in [-0.15, -0.1) is 0 Å². The molecule has 0 saturated heterocycles. The normalized spacial score (nSPS) is 10.9. The summed E-state index contributed by atoms with van der Waals surface area (Å²) in [5.74, 6) is 0.601. The number of ether oxygens (including phenoxy) is 1. The minimum Gasteiger partial charge on any atom is -0.490 e. The smallest absolute Gasteiger partial charge is 0.228 e. The molecule has 3 rings (SSSR count). The minimum absolute atomic E-state index is 0.0695. The van der Waals surface area contributed by atoms with Gasteiger partial charge in [0.25, 0.3) is 0 Å². The Morgan fingerprint density at radius 1 is 0.938 bits per heavy atom. The fraction of sp³-hybridized carbons (Fsp3) is 0.346. The number of unbranched alkanes of at least 4 members (excludes halogenated alkanes) is 3. The third-order valence-corrected chi connectivity index (χ3v) is 5.78. The number of amides is 1. The summed E-state index contributed by atoms with van der Waals surface area (Å²) < 4.78 is 6.83. The summed E-state index contributed by atoms with van der Waals surface area (Å²) >= 11 is 3.49. The van der Waals surface area contributed by atoms with Crippen molar-refractivity contribution in [2.75, 3.05) is 31.6 Å². The van der Waals surface area contributed by atoms with Crippen LogP contribution in [0.3, 0.4) is 0 Å². The molecular weight excluding hydrogens is 466 g/mol. The third-order valence-electron chi connectivity index (χ3n) is 5.29. The molecule has 0 saturated carbocycles. The van der Waals surface area contributed by atoms with Crippen molar-refractivity contribution in [3.05, 3.63) is 70.7 Å². The fourth-order valence-corrected chi connectivity index (χ4v) is 4.01. The summed E-state index contributed by atoms with van der Waals surface area (Å²) in [6, 6.07) is 19.8. The molecule has 0 heterocycles. The first-order valence-corrected chi connectivity index (χ1v) is 12.1. The first kappa shape index (κ1) is 24.2. The van der Waals surface area contributed by atoms with Crippen LogP contribution in [0.15, 0.2) is 65.1 Å². The van der Waals surface area contributed by atoms with Gasteiger partial charge < -0.3 is 21.1 Å². The van der Waals surface area contributed by atoms with Crippen LogP contribution in [0.2, 0.25) is 0 Å². The van der Waals surface area contributed by atoms with Crippen molar-refractivity contribution < 1.29 is 9.53 Å². The van der Waals surface area contributed by atoms with Crippen molar-refractivity contribution in [1.29, 1.82) is 0 Å². The number of hydrogen-bond acceptors (Lipinski definition) is 4. The van der Waals surface area contributed by atoms with E-state index in [0.717, 1.165) is 53.3 Å². The molecule has 170 valence electrons. The van der Waals surface area contributed by atoms with Gasteiger partial charge in [0, 0.05) is 11.0 Å². The quantitative estimate of drug-likeness (QED) is 0.281. The van der Waals surface area contributed by atoms with Crippen LogP contribution in [0.1, 0.15) is 31.2 Å². The predicted molar refractivity (Wildman–Crippen MR) is 136 cm³/mol. The van der Waals surface area contributed by atoms with Crippen LogP contribution in [0, 0.1) is 0 Å². The van der Waals surface area contributed by atoms with Gasteiger partial charge in [0.15, 0.2) is 0 Å². The highest BCUT2D eigenvalue weighted by Crippen LogP contribution is 2.29. The zero-order valence-electron chi connectivity index (χ0n) is 18.4. The van der Waals surface area contributed by atoms with Crippen molar-refractivity contribution >= 4 is 38.3 Å². The maximum Gasteiger partial charge on any atom is 0.228 e. The molecule has 0 aliphatic heterocycles. The maximum absolute atomic E-state index is 12.8. The summed E-state index contributed by atoms with van der Waals surface area (Å²) in [5.41, 5.74) is 7.20. The number of carbonyl (C=O) groups excluding carboxylic acids is 1. The zero-order chi connectivity index (χ0) is 22.6. The molecule has 1 amide bonds. The van der Waals surface area contributed by atoms with Gasteiger partial charge in [0.2, 0.25) is 5.91 Å².